The van der Waals surface area contributed by atoms with Gasteiger partial charge in [0.05, 0.1) is 12.8 Å². The quantitative estimate of drug-likeness (QED) is 0.607. The van der Waals surface area contributed by atoms with Crippen molar-refractivity contribution in [3.05, 3.63) is 46.5 Å². The number of furan rings is 1. The number of hydrogen-bond donors (Lipinski definition) is 1. The molecule has 3 rings (SSSR count). The highest BCUT2D eigenvalue weighted by Crippen LogP contribution is 2.30. The number of nitrogens with zero attached hydrogens (tertiary/aromatic N) is 3. The van der Waals surface area contributed by atoms with Gasteiger partial charge in [-0.05, 0) is 43.5 Å². The number of rotatable bonds is 6. The molecule has 0 spiro atoms. The molecular formula is C16H15ClF4N4O. The monoisotopic (exact) mass is 390 g/mol. The number of anilines is 1. The van der Waals surface area contributed by atoms with Crippen LogP contribution in [0, 0.1) is 12.7 Å². The molecule has 3 heterocycles. The molecular weight excluding hydrogens is 376 g/mol. The smallest absolute Gasteiger partial charge is 0.389 e. The molecule has 0 aliphatic rings. The lowest BCUT2D eigenvalue weighted by Crippen LogP contribution is -2.07. The van der Waals surface area contributed by atoms with E-state index in [1.165, 1.54) is 10.8 Å². The molecule has 0 bridgehead atoms. The third-order valence-corrected chi connectivity index (χ3v) is 4.11. The fourth-order valence-electron chi connectivity index (χ4n) is 2.73. The average molecular weight is 391 g/mol. The predicted molar refractivity (Wildman–Crippen MR) is 87.7 cm³/mol. The summed E-state index contributed by atoms with van der Waals surface area (Å²) in [6, 6.07) is 3.44. The molecule has 0 aromatic carbocycles. The maximum atomic E-state index is 14.9. The third kappa shape index (κ3) is 3.92. The molecule has 0 saturated heterocycles. The minimum Gasteiger partial charge on any atom is -0.467 e. The molecule has 0 amide bonds. The average Bonchev–Trinajstić information content (AvgIpc) is 3.14. The van der Waals surface area contributed by atoms with Crippen LogP contribution in [0.3, 0.4) is 0 Å². The van der Waals surface area contributed by atoms with Gasteiger partial charge in [0, 0.05) is 17.7 Å². The number of fused-ring (bicyclic) bond motifs is 1. The van der Waals surface area contributed by atoms with Crippen LogP contribution in [0.4, 0.5) is 23.4 Å². The molecule has 1 N–H and O–H groups in total. The number of aryl methyl sites for hydroxylation is 1. The van der Waals surface area contributed by atoms with Crippen molar-refractivity contribution in [2.45, 2.75) is 38.9 Å². The van der Waals surface area contributed by atoms with E-state index in [1.54, 1.807) is 19.1 Å². The number of hydrogen-bond acceptors (Lipinski definition) is 4. The van der Waals surface area contributed by atoms with Gasteiger partial charge in [0.25, 0.3) is 0 Å². The Kier molecular flexibility index (Phi) is 5.08. The first-order valence-electron chi connectivity index (χ1n) is 7.82. The maximum Gasteiger partial charge on any atom is 0.389 e. The Balaban J connectivity index is 1.92. The summed E-state index contributed by atoms with van der Waals surface area (Å²) in [5.41, 5.74) is 0.609. The van der Waals surface area contributed by atoms with E-state index in [0.717, 1.165) is 0 Å². The fraction of sp³-hybridized carbons (Fsp3) is 0.375. The van der Waals surface area contributed by atoms with Gasteiger partial charge in [-0.15, -0.1) is 5.10 Å². The van der Waals surface area contributed by atoms with E-state index in [2.05, 4.69) is 15.4 Å². The van der Waals surface area contributed by atoms with E-state index in [4.69, 9.17) is 16.0 Å². The van der Waals surface area contributed by atoms with Crippen LogP contribution in [0.2, 0.25) is 5.28 Å². The first-order valence-corrected chi connectivity index (χ1v) is 8.20. The van der Waals surface area contributed by atoms with Crippen molar-refractivity contribution in [3.8, 4) is 0 Å². The first kappa shape index (κ1) is 18.5. The summed E-state index contributed by atoms with van der Waals surface area (Å²) in [5, 5.41) is 6.78. The van der Waals surface area contributed by atoms with Crippen LogP contribution in [-0.4, -0.2) is 20.8 Å². The lowest BCUT2D eigenvalue weighted by atomic mass is 10.1. The number of halogens is 5. The highest BCUT2D eigenvalue weighted by Gasteiger charge is 2.27. The first-order chi connectivity index (χ1) is 12.3. The van der Waals surface area contributed by atoms with Gasteiger partial charge in [0.15, 0.2) is 11.6 Å². The zero-order chi connectivity index (χ0) is 18.9. The van der Waals surface area contributed by atoms with Gasteiger partial charge in [0.1, 0.15) is 11.3 Å². The molecule has 0 radical (unpaired) electrons. The topological polar surface area (TPSA) is 55.4 Å². The van der Waals surface area contributed by atoms with Crippen molar-refractivity contribution in [1.29, 1.82) is 0 Å². The molecule has 5 nitrogen and oxygen atoms in total. The van der Waals surface area contributed by atoms with Crippen molar-refractivity contribution in [2.24, 2.45) is 0 Å². The Morgan fingerprint density at radius 1 is 1.35 bits per heavy atom. The van der Waals surface area contributed by atoms with Crippen molar-refractivity contribution >= 4 is 22.9 Å². The Morgan fingerprint density at radius 3 is 2.77 bits per heavy atom. The zero-order valence-corrected chi connectivity index (χ0v) is 14.5. The predicted octanol–water partition coefficient (Wildman–Crippen LogP) is 4.92. The Morgan fingerprint density at radius 2 is 2.12 bits per heavy atom. The summed E-state index contributed by atoms with van der Waals surface area (Å²) in [5.74, 6) is 0.0966. The minimum absolute atomic E-state index is 0.0421. The van der Waals surface area contributed by atoms with Crippen molar-refractivity contribution < 1.29 is 22.0 Å². The summed E-state index contributed by atoms with van der Waals surface area (Å²) < 4.78 is 58.4. The molecule has 0 fully saturated rings. The maximum absolute atomic E-state index is 14.9. The summed E-state index contributed by atoms with van der Waals surface area (Å²) in [4.78, 5) is 4.00. The van der Waals surface area contributed by atoms with E-state index in [1.807, 2.05) is 0 Å². The van der Waals surface area contributed by atoms with Gasteiger partial charge in [-0.2, -0.15) is 18.2 Å². The second kappa shape index (κ2) is 7.14. The molecule has 0 aliphatic heterocycles. The van der Waals surface area contributed by atoms with E-state index in [0.29, 0.717) is 11.5 Å². The van der Waals surface area contributed by atoms with E-state index < -0.39 is 18.4 Å². The van der Waals surface area contributed by atoms with Crippen LogP contribution in [0.1, 0.15) is 29.9 Å². The van der Waals surface area contributed by atoms with Gasteiger partial charge in [-0.3, -0.25) is 0 Å². The number of nitrogens with one attached hydrogen (secondary N) is 1. The molecule has 0 saturated carbocycles. The fourth-order valence-corrected chi connectivity index (χ4v) is 2.89. The van der Waals surface area contributed by atoms with E-state index in [-0.39, 0.29) is 41.6 Å². The molecule has 0 unspecified atom stereocenters. The Bertz CT molecular complexity index is 905. The number of alkyl halides is 3. The van der Waals surface area contributed by atoms with Crippen LogP contribution in [0.25, 0.3) is 5.52 Å². The van der Waals surface area contributed by atoms with E-state index >= 15 is 0 Å². The van der Waals surface area contributed by atoms with Crippen LogP contribution >= 0.6 is 11.6 Å². The normalized spacial score (nSPS) is 12.1. The highest BCUT2D eigenvalue weighted by atomic mass is 35.5. The molecule has 26 heavy (non-hydrogen) atoms. The van der Waals surface area contributed by atoms with Crippen LogP contribution in [-0.2, 0) is 13.0 Å². The Labute approximate surface area is 151 Å². The molecule has 0 aliphatic carbocycles. The van der Waals surface area contributed by atoms with E-state index in [9.17, 15) is 17.6 Å². The van der Waals surface area contributed by atoms with Crippen LogP contribution < -0.4 is 5.32 Å². The molecule has 3 aromatic heterocycles. The largest absolute Gasteiger partial charge is 0.467 e. The second-order valence-corrected chi connectivity index (χ2v) is 6.11. The van der Waals surface area contributed by atoms with Crippen molar-refractivity contribution in [2.75, 3.05) is 5.32 Å². The van der Waals surface area contributed by atoms with Gasteiger partial charge < -0.3 is 9.73 Å². The molecule has 3 aromatic rings. The zero-order valence-electron chi connectivity index (χ0n) is 13.7. The summed E-state index contributed by atoms with van der Waals surface area (Å²) in [6.45, 7) is 1.82. The summed E-state index contributed by atoms with van der Waals surface area (Å²) >= 11 is 5.90. The minimum atomic E-state index is -4.28. The summed E-state index contributed by atoms with van der Waals surface area (Å²) in [6.07, 6.45) is -4.03. The lowest BCUT2D eigenvalue weighted by molar-refractivity contribution is -0.135. The Hall–Kier alpha value is -2.29. The highest BCUT2D eigenvalue weighted by molar-refractivity contribution is 6.28. The van der Waals surface area contributed by atoms with Crippen molar-refractivity contribution in [1.82, 2.24) is 14.6 Å². The van der Waals surface area contributed by atoms with Crippen LogP contribution in [0.5, 0.6) is 0 Å². The second-order valence-electron chi connectivity index (χ2n) is 5.77. The van der Waals surface area contributed by atoms with Crippen LogP contribution in [0.15, 0.2) is 22.8 Å². The van der Waals surface area contributed by atoms with Crippen molar-refractivity contribution in [3.63, 3.8) is 0 Å². The molecule has 0 atom stereocenters. The van der Waals surface area contributed by atoms with Gasteiger partial charge >= 0.3 is 6.18 Å². The third-order valence-electron chi connectivity index (χ3n) is 3.95. The molecule has 10 heteroatoms. The van der Waals surface area contributed by atoms with Gasteiger partial charge in [-0.25, -0.2) is 8.91 Å². The number of aromatic nitrogens is 3. The summed E-state index contributed by atoms with van der Waals surface area (Å²) in [7, 11) is 0. The lowest BCUT2D eigenvalue weighted by Gasteiger charge is -2.07. The standard InChI is InChI=1S/C16H15ClF4N4O/c1-9-11(5-2-6-16(19,20)21)12(18)13-14(23-15(17)24-25(9)13)22-8-10-4-3-7-26-10/h3-4,7H,2,5-6,8H2,1H3,(H,22,23,24). The van der Waals surface area contributed by atoms with Gasteiger partial charge in [0.2, 0.25) is 5.28 Å². The SMILES string of the molecule is Cc1c(CCCC(F)(F)F)c(F)c2c(NCc3ccco3)nc(Cl)nn12. The van der Waals surface area contributed by atoms with Gasteiger partial charge in [-0.1, -0.05) is 0 Å². The molecule has 140 valence electrons.